The third kappa shape index (κ3) is 6.18. The fraction of sp³-hybridized carbons (Fsp3) is 0.556. The van der Waals surface area contributed by atoms with Crippen molar-refractivity contribution in [3.8, 4) is 0 Å². The van der Waals surface area contributed by atoms with Gasteiger partial charge in [0.2, 0.25) is 0 Å². The molecule has 2 aromatic rings. The number of hydrogen-bond donors (Lipinski definition) is 0. The first kappa shape index (κ1) is 20.6. The molecule has 0 fully saturated rings. The molecule has 4 nitrogen and oxygen atoms in total. The second kappa shape index (κ2) is 9.28. The van der Waals surface area contributed by atoms with Gasteiger partial charge >= 0.3 is 0 Å². The summed E-state index contributed by atoms with van der Waals surface area (Å²) >= 11 is 3.42. The van der Waals surface area contributed by atoms with Gasteiger partial charge in [0.1, 0.15) is 0 Å². The van der Waals surface area contributed by atoms with Crippen LogP contribution in [0.4, 0.5) is 0 Å². The molecule has 7 heteroatoms. The zero-order valence-electron chi connectivity index (χ0n) is 15.4. The Hall–Kier alpha value is -0.730. The lowest BCUT2D eigenvalue weighted by molar-refractivity contribution is 0.276. The Balaban J connectivity index is 1.79. The van der Waals surface area contributed by atoms with E-state index in [4.69, 9.17) is 0 Å². The van der Waals surface area contributed by atoms with E-state index in [9.17, 15) is 8.42 Å². The summed E-state index contributed by atoms with van der Waals surface area (Å²) in [5.74, 6) is 0.418. The van der Waals surface area contributed by atoms with Gasteiger partial charge in [0.05, 0.1) is 11.5 Å². The van der Waals surface area contributed by atoms with Crippen LogP contribution in [0.5, 0.6) is 0 Å². The molecule has 0 saturated heterocycles. The predicted molar refractivity (Wildman–Crippen MR) is 109 cm³/mol. The molecular weight excluding hydrogens is 372 g/mol. The highest BCUT2D eigenvalue weighted by Gasteiger charge is 2.19. The zero-order valence-corrected chi connectivity index (χ0v) is 17.8. The zero-order chi connectivity index (χ0) is 18.4. The minimum absolute atomic E-state index is 0.209. The topological polar surface area (TPSA) is 40.6 Å². The summed E-state index contributed by atoms with van der Waals surface area (Å²) in [7, 11) is 0.929. The molecule has 0 aliphatic heterocycles. The molecule has 0 aromatic carbocycles. The Kier molecular flexibility index (Phi) is 7.64. The monoisotopic (exact) mass is 400 g/mol. The molecule has 2 rings (SSSR count). The van der Waals surface area contributed by atoms with Crippen molar-refractivity contribution in [2.45, 2.75) is 25.9 Å². The first-order valence-corrected chi connectivity index (χ1v) is 12.1. The van der Waals surface area contributed by atoms with Crippen molar-refractivity contribution < 1.29 is 8.42 Å². The number of thiophene rings is 2. The lowest BCUT2D eigenvalue weighted by atomic mass is 10.2. The summed E-state index contributed by atoms with van der Waals surface area (Å²) in [6.45, 7) is 5.36. The van der Waals surface area contributed by atoms with E-state index in [-0.39, 0.29) is 23.6 Å². The summed E-state index contributed by atoms with van der Waals surface area (Å²) in [5.41, 5.74) is 0. The van der Waals surface area contributed by atoms with E-state index >= 15 is 0 Å². The highest BCUT2D eigenvalue weighted by Crippen LogP contribution is 2.24. The van der Waals surface area contributed by atoms with Gasteiger partial charge in [-0.3, -0.25) is 9.80 Å². The molecule has 2 heterocycles. The molecule has 0 bridgehead atoms. The van der Waals surface area contributed by atoms with Crippen LogP contribution in [-0.4, -0.2) is 56.9 Å². The molecule has 0 N–H and O–H groups in total. The number of sulfone groups is 1. The van der Waals surface area contributed by atoms with E-state index in [0.29, 0.717) is 13.1 Å². The van der Waals surface area contributed by atoms with Crippen LogP contribution in [0, 0.1) is 0 Å². The Morgan fingerprint density at radius 1 is 0.880 bits per heavy atom. The quantitative estimate of drug-likeness (QED) is 0.606. The average Bonchev–Trinajstić information content (AvgIpc) is 3.29. The maximum atomic E-state index is 12.4. The van der Waals surface area contributed by atoms with Gasteiger partial charge in [-0.05, 0) is 50.8 Å². The maximum absolute atomic E-state index is 12.4. The average molecular weight is 401 g/mol. The van der Waals surface area contributed by atoms with Crippen LogP contribution < -0.4 is 0 Å². The van der Waals surface area contributed by atoms with Gasteiger partial charge in [0.15, 0.2) is 9.84 Å². The molecule has 2 aromatic heterocycles. The smallest absolute Gasteiger partial charge is 0.152 e. The van der Waals surface area contributed by atoms with Gasteiger partial charge in [0, 0.05) is 34.9 Å². The fourth-order valence-electron chi connectivity index (χ4n) is 2.55. The van der Waals surface area contributed by atoms with Crippen LogP contribution in [-0.2, 0) is 9.84 Å². The summed E-state index contributed by atoms with van der Waals surface area (Å²) in [5, 5.41) is 4.11. The van der Waals surface area contributed by atoms with Crippen molar-refractivity contribution in [1.29, 1.82) is 0 Å². The first-order valence-electron chi connectivity index (χ1n) is 8.48. The molecular formula is C18H28N2O2S3. The third-order valence-electron chi connectivity index (χ3n) is 4.74. The molecule has 25 heavy (non-hydrogen) atoms. The van der Waals surface area contributed by atoms with Gasteiger partial charge in [-0.1, -0.05) is 12.1 Å². The van der Waals surface area contributed by atoms with Crippen molar-refractivity contribution in [2.24, 2.45) is 0 Å². The standard InChI is InChI=1S/C18H28N2O2S3/c1-15(17-7-5-11-23-17)19(3)9-13-25(21,22)14-10-20(4)16(2)18-8-6-12-24-18/h5-8,11-12,15-16H,9-10,13-14H2,1-4H3. The van der Waals surface area contributed by atoms with Crippen molar-refractivity contribution in [3.05, 3.63) is 44.8 Å². The van der Waals surface area contributed by atoms with E-state index in [1.807, 2.05) is 26.2 Å². The van der Waals surface area contributed by atoms with Crippen molar-refractivity contribution in [1.82, 2.24) is 9.80 Å². The number of hydrogen-bond acceptors (Lipinski definition) is 6. The molecule has 140 valence electrons. The van der Waals surface area contributed by atoms with E-state index in [2.05, 4.69) is 46.5 Å². The van der Waals surface area contributed by atoms with E-state index in [1.165, 1.54) is 9.75 Å². The summed E-state index contributed by atoms with van der Waals surface area (Å²) in [6.07, 6.45) is 0. The van der Waals surface area contributed by atoms with Crippen LogP contribution in [0.15, 0.2) is 35.0 Å². The van der Waals surface area contributed by atoms with Gasteiger partial charge in [-0.25, -0.2) is 8.42 Å². The Labute approximate surface area is 160 Å². The Morgan fingerprint density at radius 2 is 1.28 bits per heavy atom. The van der Waals surface area contributed by atoms with Gasteiger partial charge in [0.25, 0.3) is 0 Å². The molecule has 0 aliphatic carbocycles. The molecule has 0 radical (unpaired) electrons. The normalized spacial score (nSPS) is 15.0. The van der Waals surface area contributed by atoms with Crippen LogP contribution >= 0.6 is 22.7 Å². The Bertz CT molecular complexity index is 655. The lowest BCUT2D eigenvalue weighted by Gasteiger charge is -2.25. The molecule has 0 saturated carbocycles. The van der Waals surface area contributed by atoms with Crippen LogP contribution in [0.1, 0.15) is 35.7 Å². The van der Waals surface area contributed by atoms with Crippen molar-refractivity contribution >= 4 is 32.5 Å². The SMILES string of the molecule is CC(c1cccs1)N(C)CCS(=O)(=O)CCN(C)C(C)c1cccs1. The van der Waals surface area contributed by atoms with Crippen LogP contribution in [0.25, 0.3) is 0 Å². The van der Waals surface area contributed by atoms with Crippen molar-refractivity contribution in [3.63, 3.8) is 0 Å². The van der Waals surface area contributed by atoms with Crippen LogP contribution in [0.2, 0.25) is 0 Å². The number of nitrogens with zero attached hydrogens (tertiary/aromatic N) is 2. The maximum Gasteiger partial charge on any atom is 0.152 e. The summed E-state index contributed by atoms with van der Waals surface area (Å²) < 4.78 is 24.8. The lowest BCUT2D eigenvalue weighted by Crippen LogP contribution is -2.32. The van der Waals surface area contributed by atoms with Crippen LogP contribution in [0.3, 0.4) is 0 Å². The fourth-order valence-corrected chi connectivity index (χ4v) is 5.58. The molecule has 2 unspecified atom stereocenters. The predicted octanol–water partition coefficient (Wildman–Crippen LogP) is 3.91. The highest BCUT2D eigenvalue weighted by molar-refractivity contribution is 7.91. The summed E-state index contributed by atoms with van der Waals surface area (Å²) in [4.78, 5) is 6.76. The number of rotatable bonds is 10. The van der Waals surface area contributed by atoms with Gasteiger partial charge in [-0.2, -0.15) is 0 Å². The second-order valence-electron chi connectivity index (χ2n) is 6.50. The van der Waals surface area contributed by atoms with E-state index < -0.39 is 9.84 Å². The van der Waals surface area contributed by atoms with Crippen molar-refractivity contribution in [2.75, 3.05) is 38.7 Å². The molecule has 0 aliphatic rings. The Morgan fingerprint density at radius 3 is 1.60 bits per heavy atom. The first-order chi connectivity index (χ1) is 11.8. The van der Waals surface area contributed by atoms with E-state index in [1.54, 1.807) is 22.7 Å². The molecule has 0 amide bonds. The second-order valence-corrected chi connectivity index (χ2v) is 10.8. The van der Waals surface area contributed by atoms with Gasteiger partial charge in [-0.15, -0.1) is 22.7 Å². The highest BCUT2D eigenvalue weighted by atomic mass is 32.2. The minimum Gasteiger partial charge on any atom is -0.298 e. The molecule has 2 atom stereocenters. The third-order valence-corrected chi connectivity index (χ3v) is 8.44. The van der Waals surface area contributed by atoms with E-state index in [0.717, 1.165) is 0 Å². The molecule has 0 spiro atoms. The largest absolute Gasteiger partial charge is 0.298 e. The van der Waals surface area contributed by atoms with Gasteiger partial charge < -0.3 is 0 Å². The summed E-state index contributed by atoms with van der Waals surface area (Å²) in [6, 6.07) is 8.76. The minimum atomic E-state index is -3.05.